The Balaban J connectivity index is 2.71. The van der Waals surface area contributed by atoms with Gasteiger partial charge >= 0.3 is 0 Å². The molecule has 0 saturated carbocycles. The zero-order valence-corrected chi connectivity index (χ0v) is 10.0. The average molecular weight is 233 g/mol. The highest BCUT2D eigenvalue weighted by Crippen LogP contribution is 2.37. The van der Waals surface area contributed by atoms with Crippen molar-refractivity contribution in [3.63, 3.8) is 0 Å². The smallest absolute Gasteiger partial charge is 0.134 e. The number of hydrogen-bond donors (Lipinski definition) is 1. The molecule has 2 aromatic carbocycles. The van der Waals surface area contributed by atoms with Gasteiger partial charge in [0.25, 0.3) is 0 Å². The number of aromatic hydroxyl groups is 1. The maximum Gasteiger partial charge on any atom is 0.134 e. The van der Waals surface area contributed by atoms with Gasteiger partial charge in [0.1, 0.15) is 5.75 Å². The van der Waals surface area contributed by atoms with Gasteiger partial charge in [-0.1, -0.05) is 41.9 Å². The van der Waals surface area contributed by atoms with E-state index in [1.54, 1.807) is 6.07 Å². The van der Waals surface area contributed by atoms with Crippen LogP contribution in [0.5, 0.6) is 5.75 Å². The Morgan fingerprint density at radius 3 is 2.31 bits per heavy atom. The third-order valence-corrected chi connectivity index (χ3v) is 3.22. The fourth-order valence-electron chi connectivity index (χ4n) is 1.99. The van der Waals surface area contributed by atoms with Crippen LogP contribution >= 0.6 is 11.6 Å². The van der Waals surface area contributed by atoms with Crippen molar-refractivity contribution in [1.29, 1.82) is 0 Å². The number of aryl methyl sites for hydroxylation is 1. The Kier molecular flexibility index (Phi) is 2.88. The first-order chi connectivity index (χ1) is 7.61. The highest BCUT2D eigenvalue weighted by Gasteiger charge is 2.12. The van der Waals surface area contributed by atoms with Crippen LogP contribution in [-0.2, 0) is 0 Å². The van der Waals surface area contributed by atoms with Crippen molar-refractivity contribution in [3.05, 3.63) is 52.5 Å². The molecule has 82 valence electrons. The van der Waals surface area contributed by atoms with Crippen molar-refractivity contribution in [1.82, 2.24) is 0 Å². The summed E-state index contributed by atoms with van der Waals surface area (Å²) in [5, 5.41) is 10.1. The molecule has 0 bridgehead atoms. The molecule has 0 heterocycles. The van der Waals surface area contributed by atoms with Crippen LogP contribution in [-0.4, -0.2) is 5.11 Å². The van der Waals surface area contributed by atoms with E-state index in [4.69, 9.17) is 11.6 Å². The van der Waals surface area contributed by atoms with Crippen molar-refractivity contribution in [2.24, 2.45) is 0 Å². The van der Waals surface area contributed by atoms with Crippen LogP contribution in [0.15, 0.2) is 36.4 Å². The highest BCUT2D eigenvalue weighted by atomic mass is 35.5. The first-order valence-corrected chi connectivity index (χ1v) is 5.53. The standard InChI is InChI=1S/C14H13ClO/c1-9-8-12(16)14(15)10(2)13(9)11-6-4-3-5-7-11/h3-8,16H,1-2H3. The summed E-state index contributed by atoms with van der Waals surface area (Å²) in [7, 11) is 0. The van der Waals surface area contributed by atoms with Gasteiger partial charge in [-0.25, -0.2) is 0 Å². The first-order valence-electron chi connectivity index (χ1n) is 5.15. The predicted octanol–water partition coefficient (Wildman–Crippen LogP) is 4.33. The fourth-order valence-corrected chi connectivity index (χ4v) is 2.14. The molecule has 2 heteroatoms. The van der Waals surface area contributed by atoms with E-state index in [-0.39, 0.29) is 5.75 Å². The van der Waals surface area contributed by atoms with Crippen molar-refractivity contribution >= 4 is 11.6 Å². The lowest BCUT2D eigenvalue weighted by Gasteiger charge is -2.12. The minimum Gasteiger partial charge on any atom is -0.506 e. The second-order valence-electron chi connectivity index (χ2n) is 3.89. The summed E-state index contributed by atoms with van der Waals surface area (Å²) in [5.41, 5.74) is 4.18. The molecule has 0 amide bonds. The summed E-state index contributed by atoms with van der Waals surface area (Å²) in [4.78, 5) is 0. The first kappa shape index (κ1) is 11.0. The maximum absolute atomic E-state index is 9.62. The zero-order chi connectivity index (χ0) is 11.7. The van der Waals surface area contributed by atoms with E-state index in [0.717, 1.165) is 22.3 Å². The van der Waals surface area contributed by atoms with Crippen molar-refractivity contribution in [2.45, 2.75) is 13.8 Å². The van der Waals surface area contributed by atoms with E-state index in [0.29, 0.717) is 5.02 Å². The predicted molar refractivity (Wildman–Crippen MR) is 68.0 cm³/mol. The Bertz CT molecular complexity index is 518. The molecule has 0 aliphatic heterocycles. The molecule has 0 atom stereocenters. The van der Waals surface area contributed by atoms with Crippen LogP contribution in [0.3, 0.4) is 0 Å². The van der Waals surface area contributed by atoms with Gasteiger partial charge in [-0.15, -0.1) is 0 Å². The minimum atomic E-state index is 0.149. The third kappa shape index (κ3) is 1.79. The maximum atomic E-state index is 9.62. The van der Waals surface area contributed by atoms with Crippen molar-refractivity contribution in [3.8, 4) is 16.9 Å². The van der Waals surface area contributed by atoms with Crippen LogP contribution in [0.4, 0.5) is 0 Å². The molecular formula is C14H13ClO. The molecule has 1 N–H and O–H groups in total. The Hall–Kier alpha value is -1.47. The van der Waals surface area contributed by atoms with E-state index in [1.807, 2.05) is 44.2 Å². The summed E-state index contributed by atoms with van der Waals surface area (Å²) in [6, 6.07) is 11.8. The number of benzene rings is 2. The molecule has 0 spiro atoms. The van der Waals surface area contributed by atoms with E-state index >= 15 is 0 Å². The lowest BCUT2D eigenvalue weighted by Crippen LogP contribution is -1.89. The summed E-state index contributed by atoms with van der Waals surface area (Å²) >= 11 is 6.05. The average Bonchev–Trinajstić information content (AvgIpc) is 2.28. The molecule has 0 aliphatic rings. The molecule has 0 aromatic heterocycles. The highest BCUT2D eigenvalue weighted by molar-refractivity contribution is 6.33. The normalized spacial score (nSPS) is 10.4. The third-order valence-electron chi connectivity index (χ3n) is 2.74. The Labute approximate surface area is 100 Å². The van der Waals surface area contributed by atoms with Gasteiger partial charge in [0.05, 0.1) is 5.02 Å². The number of phenols is 1. The van der Waals surface area contributed by atoms with E-state index < -0.39 is 0 Å². The van der Waals surface area contributed by atoms with Crippen LogP contribution in [0, 0.1) is 13.8 Å². The molecule has 0 aliphatic carbocycles. The lowest BCUT2D eigenvalue weighted by atomic mass is 9.95. The molecule has 0 saturated heterocycles. The van der Waals surface area contributed by atoms with Crippen LogP contribution in [0.2, 0.25) is 5.02 Å². The summed E-state index contributed by atoms with van der Waals surface area (Å²) in [6.07, 6.45) is 0. The van der Waals surface area contributed by atoms with Crippen LogP contribution < -0.4 is 0 Å². The van der Waals surface area contributed by atoms with Crippen molar-refractivity contribution < 1.29 is 5.11 Å². The monoisotopic (exact) mass is 232 g/mol. The SMILES string of the molecule is Cc1cc(O)c(Cl)c(C)c1-c1ccccc1. The van der Waals surface area contributed by atoms with E-state index in [9.17, 15) is 5.11 Å². The number of hydrogen-bond acceptors (Lipinski definition) is 1. The van der Waals surface area contributed by atoms with E-state index in [1.165, 1.54) is 0 Å². The molecule has 16 heavy (non-hydrogen) atoms. The molecular weight excluding hydrogens is 220 g/mol. The molecule has 0 fully saturated rings. The Morgan fingerprint density at radius 1 is 1.06 bits per heavy atom. The number of rotatable bonds is 1. The number of halogens is 1. The van der Waals surface area contributed by atoms with Gasteiger partial charge in [-0.2, -0.15) is 0 Å². The molecule has 0 unspecified atom stereocenters. The van der Waals surface area contributed by atoms with Gasteiger partial charge in [0, 0.05) is 0 Å². The fraction of sp³-hybridized carbons (Fsp3) is 0.143. The van der Waals surface area contributed by atoms with Gasteiger partial charge < -0.3 is 5.11 Å². The van der Waals surface area contributed by atoms with Crippen LogP contribution in [0.1, 0.15) is 11.1 Å². The van der Waals surface area contributed by atoms with Crippen molar-refractivity contribution in [2.75, 3.05) is 0 Å². The summed E-state index contributed by atoms with van der Waals surface area (Å²) in [5.74, 6) is 0.149. The molecule has 1 nitrogen and oxygen atoms in total. The number of phenolic OH excluding ortho intramolecular Hbond substituents is 1. The minimum absolute atomic E-state index is 0.149. The molecule has 0 radical (unpaired) electrons. The second kappa shape index (κ2) is 4.18. The van der Waals surface area contributed by atoms with Gasteiger partial charge in [-0.05, 0) is 42.2 Å². The topological polar surface area (TPSA) is 20.2 Å². The summed E-state index contributed by atoms with van der Waals surface area (Å²) in [6.45, 7) is 3.91. The van der Waals surface area contributed by atoms with Gasteiger partial charge in [0.2, 0.25) is 0 Å². The molecule has 2 aromatic rings. The van der Waals surface area contributed by atoms with Gasteiger partial charge in [0.15, 0.2) is 0 Å². The molecule has 2 rings (SSSR count). The van der Waals surface area contributed by atoms with E-state index in [2.05, 4.69) is 0 Å². The summed E-state index contributed by atoms with van der Waals surface area (Å²) < 4.78 is 0. The Morgan fingerprint density at radius 2 is 1.69 bits per heavy atom. The zero-order valence-electron chi connectivity index (χ0n) is 9.29. The largest absolute Gasteiger partial charge is 0.506 e. The van der Waals surface area contributed by atoms with Crippen LogP contribution in [0.25, 0.3) is 11.1 Å². The lowest BCUT2D eigenvalue weighted by molar-refractivity contribution is 0.475. The van der Waals surface area contributed by atoms with Gasteiger partial charge in [-0.3, -0.25) is 0 Å². The quantitative estimate of drug-likeness (QED) is 0.776. The second-order valence-corrected chi connectivity index (χ2v) is 4.27.